The van der Waals surface area contributed by atoms with Gasteiger partial charge in [0, 0.05) is 62.6 Å². The summed E-state index contributed by atoms with van der Waals surface area (Å²) in [5.74, 6) is 0.770. The quantitative estimate of drug-likeness (QED) is 0.485. The fraction of sp³-hybridized carbons (Fsp3) is 0.308. The van der Waals surface area contributed by atoms with Gasteiger partial charge in [-0.15, -0.1) is 0 Å². The van der Waals surface area contributed by atoms with Crippen molar-refractivity contribution in [1.82, 2.24) is 14.9 Å². The molecule has 2 aromatic carbocycles. The normalized spacial score (nSPS) is 19.2. The number of nitrogens with one attached hydrogen (secondary N) is 2. The van der Waals surface area contributed by atoms with E-state index in [0.717, 1.165) is 44.0 Å². The van der Waals surface area contributed by atoms with Crippen molar-refractivity contribution in [3.05, 3.63) is 71.9 Å². The Kier molecular flexibility index (Phi) is 6.22. The Hall–Kier alpha value is -4.14. The van der Waals surface area contributed by atoms with E-state index in [0.29, 0.717) is 17.7 Å². The number of benzene rings is 2. The van der Waals surface area contributed by atoms with Crippen molar-refractivity contribution < 1.29 is 9.59 Å². The Labute approximate surface area is 204 Å². The molecule has 2 amide bonds. The molecule has 2 aliphatic rings. The highest BCUT2D eigenvalue weighted by atomic mass is 16.2. The number of hydrogen-bond acceptors (Lipinski definition) is 7. The molecule has 1 saturated carbocycles. The minimum atomic E-state index is -0.565. The highest BCUT2D eigenvalue weighted by Gasteiger charge is 2.39. The summed E-state index contributed by atoms with van der Waals surface area (Å²) < 4.78 is 0. The highest BCUT2D eigenvalue weighted by molar-refractivity contribution is 5.97. The second kappa shape index (κ2) is 9.61. The molecule has 1 saturated heterocycles. The van der Waals surface area contributed by atoms with Gasteiger partial charge < -0.3 is 26.2 Å². The van der Waals surface area contributed by atoms with E-state index >= 15 is 0 Å². The molecule has 1 aromatic heterocycles. The molecular formula is C26H29N7O2. The van der Waals surface area contributed by atoms with E-state index < -0.39 is 5.91 Å². The van der Waals surface area contributed by atoms with Gasteiger partial charge in [0.15, 0.2) is 0 Å². The number of carbonyl (C=O) groups excluding carboxylic acids is 2. The number of nitrogens with zero attached hydrogens (tertiary/aromatic N) is 4. The Balaban J connectivity index is 1.25. The zero-order valence-electron chi connectivity index (χ0n) is 19.6. The van der Waals surface area contributed by atoms with Gasteiger partial charge in [-0.3, -0.25) is 9.59 Å². The molecule has 1 aliphatic carbocycles. The first-order valence-corrected chi connectivity index (χ1v) is 11.8. The minimum absolute atomic E-state index is 0.123. The van der Waals surface area contributed by atoms with Crippen LogP contribution in [0.1, 0.15) is 35.2 Å². The summed E-state index contributed by atoms with van der Waals surface area (Å²) in [6, 6.07) is 18.5. The molecule has 2 unspecified atom stereocenters. The average Bonchev–Trinajstić information content (AvgIpc) is 3.64. The van der Waals surface area contributed by atoms with E-state index in [1.54, 1.807) is 6.92 Å². The van der Waals surface area contributed by atoms with Crippen LogP contribution in [0.3, 0.4) is 0 Å². The first kappa shape index (κ1) is 22.6. The summed E-state index contributed by atoms with van der Waals surface area (Å²) >= 11 is 0. The zero-order valence-corrected chi connectivity index (χ0v) is 19.6. The van der Waals surface area contributed by atoms with E-state index in [2.05, 4.69) is 37.6 Å². The summed E-state index contributed by atoms with van der Waals surface area (Å²) in [6.45, 7) is 4.70. The van der Waals surface area contributed by atoms with E-state index in [1.807, 2.05) is 47.4 Å². The van der Waals surface area contributed by atoms with Gasteiger partial charge >= 0.3 is 0 Å². The highest BCUT2D eigenvalue weighted by Crippen LogP contribution is 2.42. The number of nitrogens with two attached hydrogens (primary N) is 1. The molecule has 9 nitrogen and oxygen atoms in total. The van der Waals surface area contributed by atoms with Crippen LogP contribution in [0.5, 0.6) is 0 Å². The summed E-state index contributed by atoms with van der Waals surface area (Å²) in [5, 5.41) is 6.59. The molecule has 0 radical (unpaired) electrons. The first-order valence-electron chi connectivity index (χ1n) is 11.8. The molecule has 0 spiro atoms. The summed E-state index contributed by atoms with van der Waals surface area (Å²) in [6.07, 6.45) is 2.43. The van der Waals surface area contributed by atoms with Gasteiger partial charge in [0.05, 0.1) is 5.56 Å². The molecule has 5 rings (SSSR count). The maximum atomic E-state index is 11.9. The minimum Gasteiger partial charge on any atom is -0.368 e. The van der Waals surface area contributed by atoms with Gasteiger partial charge in [-0.1, -0.05) is 30.3 Å². The number of anilines is 4. The van der Waals surface area contributed by atoms with Crippen molar-refractivity contribution >= 4 is 35.0 Å². The van der Waals surface area contributed by atoms with Crippen molar-refractivity contribution in [2.24, 2.45) is 5.73 Å². The number of piperazine rings is 1. The van der Waals surface area contributed by atoms with Gasteiger partial charge in [-0.05, 0) is 36.2 Å². The standard InChI is InChI=1S/C26H29N7O2/c1-17(34)32-11-13-33(14-12-32)20-9-7-19(8-10-20)29-26-28-16-22(24(27)35)25(31-26)30-23-15-21(23)18-5-3-2-4-6-18/h2-10,16,21,23H,11-15H2,1H3,(H2,27,35)(H2,28,29,30,31). The van der Waals surface area contributed by atoms with Crippen LogP contribution in [-0.4, -0.2) is 58.9 Å². The predicted octanol–water partition coefficient (Wildman–Crippen LogP) is 2.96. The molecule has 0 bridgehead atoms. The molecule has 1 aliphatic heterocycles. The molecular weight excluding hydrogens is 442 g/mol. The lowest BCUT2D eigenvalue weighted by molar-refractivity contribution is -0.129. The number of amides is 2. The fourth-order valence-electron chi connectivity index (χ4n) is 4.50. The van der Waals surface area contributed by atoms with Crippen molar-refractivity contribution in [3.8, 4) is 0 Å². The number of carbonyl (C=O) groups is 2. The van der Waals surface area contributed by atoms with Gasteiger partial charge in [-0.25, -0.2) is 4.98 Å². The van der Waals surface area contributed by atoms with Crippen LogP contribution in [0.25, 0.3) is 0 Å². The van der Waals surface area contributed by atoms with Gasteiger partial charge in [-0.2, -0.15) is 4.98 Å². The second-order valence-corrected chi connectivity index (χ2v) is 8.99. The van der Waals surface area contributed by atoms with Crippen molar-refractivity contribution in [3.63, 3.8) is 0 Å². The van der Waals surface area contributed by atoms with E-state index in [-0.39, 0.29) is 17.5 Å². The van der Waals surface area contributed by atoms with Crippen molar-refractivity contribution in [2.45, 2.75) is 25.3 Å². The Morgan fingerprint density at radius 1 is 1.00 bits per heavy atom. The summed E-state index contributed by atoms with van der Waals surface area (Å²) in [5.41, 5.74) is 9.04. The van der Waals surface area contributed by atoms with Gasteiger partial charge in [0.25, 0.3) is 5.91 Å². The number of aromatic nitrogens is 2. The van der Waals surface area contributed by atoms with Gasteiger partial charge in [0.1, 0.15) is 5.82 Å². The molecule has 35 heavy (non-hydrogen) atoms. The SMILES string of the molecule is CC(=O)N1CCN(c2ccc(Nc3ncc(C(N)=O)c(NC4CC4c4ccccc4)n3)cc2)CC1. The Bertz CT molecular complexity index is 1210. The van der Waals surface area contributed by atoms with Crippen LogP contribution in [0.4, 0.5) is 23.1 Å². The lowest BCUT2D eigenvalue weighted by Crippen LogP contribution is -2.48. The topological polar surface area (TPSA) is 116 Å². The Morgan fingerprint density at radius 2 is 1.71 bits per heavy atom. The van der Waals surface area contributed by atoms with Crippen LogP contribution in [0.15, 0.2) is 60.8 Å². The molecule has 9 heteroatoms. The first-order chi connectivity index (χ1) is 17.0. The maximum Gasteiger partial charge on any atom is 0.254 e. The maximum absolute atomic E-state index is 11.9. The largest absolute Gasteiger partial charge is 0.368 e. The van der Waals surface area contributed by atoms with Crippen LogP contribution < -0.4 is 21.3 Å². The van der Waals surface area contributed by atoms with Crippen LogP contribution in [0, 0.1) is 0 Å². The average molecular weight is 472 g/mol. The van der Waals surface area contributed by atoms with E-state index in [1.165, 1.54) is 11.8 Å². The fourth-order valence-corrected chi connectivity index (χ4v) is 4.50. The van der Waals surface area contributed by atoms with Crippen LogP contribution in [0.2, 0.25) is 0 Å². The molecule has 2 fully saturated rings. The lowest BCUT2D eigenvalue weighted by Gasteiger charge is -2.35. The predicted molar refractivity (Wildman–Crippen MR) is 136 cm³/mol. The zero-order chi connectivity index (χ0) is 24.4. The lowest BCUT2D eigenvalue weighted by atomic mass is 10.1. The van der Waals surface area contributed by atoms with E-state index in [4.69, 9.17) is 5.73 Å². The van der Waals surface area contributed by atoms with Crippen molar-refractivity contribution in [2.75, 3.05) is 41.7 Å². The number of primary amides is 1. The summed E-state index contributed by atoms with van der Waals surface area (Å²) in [4.78, 5) is 36.5. The monoisotopic (exact) mass is 471 g/mol. The van der Waals surface area contributed by atoms with Crippen LogP contribution in [-0.2, 0) is 4.79 Å². The third-order valence-corrected chi connectivity index (χ3v) is 6.61. The molecule has 180 valence electrons. The van der Waals surface area contributed by atoms with Gasteiger partial charge in [0.2, 0.25) is 11.9 Å². The molecule has 2 atom stereocenters. The molecule has 4 N–H and O–H groups in total. The Morgan fingerprint density at radius 3 is 2.37 bits per heavy atom. The van der Waals surface area contributed by atoms with Crippen molar-refractivity contribution in [1.29, 1.82) is 0 Å². The number of rotatable bonds is 7. The second-order valence-electron chi connectivity index (χ2n) is 8.99. The van der Waals surface area contributed by atoms with Crippen LogP contribution >= 0.6 is 0 Å². The van der Waals surface area contributed by atoms with E-state index in [9.17, 15) is 9.59 Å². The smallest absolute Gasteiger partial charge is 0.254 e. The summed E-state index contributed by atoms with van der Waals surface area (Å²) in [7, 11) is 0. The third-order valence-electron chi connectivity index (χ3n) is 6.61. The molecule has 3 aromatic rings. The molecule has 2 heterocycles. The number of hydrogen-bond donors (Lipinski definition) is 3. The third kappa shape index (κ3) is 5.18.